The molecule has 0 heterocycles. The first-order valence-electron chi connectivity index (χ1n) is 5.15. The van der Waals surface area contributed by atoms with Gasteiger partial charge in [-0.25, -0.2) is 0 Å². The van der Waals surface area contributed by atoms with Gasteiger partial charge >= 0.3 is 0 Å². The zero-order valence-corrected chi connectivity index (χ0v) is 9.02. The Morgan fingerprint density at radius 1 is 1.33 bits per heavy atom. The van der Waals surface area contributed by atoms with E-state index in [0.29, 0.717) is 12.3 Å². The molecule has 0 aliphatic heterocycles. The lowest BCUT2D eigenvalue weighted by molar-refractivity contribution is 0.299. The summed E-state index contributed by atoms with van der Waals surface area (Å²) in [5.41, 5.74) is 0.927. The van der Waals surface area contributed by atoms with Crippen molar-refractivity contribution in [3.05, 3.63) is 24.3 Å². The van der Waals surface area contributed by atoms with Gasteiger partial charge in [0.05, 0.1) is 12.3 Å². The second kappa shape index (κ2) is 6.27. The van der Waals surface area contributed by atoms with E-state index < -0.39 is 0 Å². The highest BCUT2D eigenvalue weighted by atomic mass is 16.6. The third kappa shape index (κ3) is 3.11. The highest BCUT2D eigenvalue weighted by Crippen LogP contribution is 2.26. The van der Waals surface area contributed by atoms with E-state index in [2.05, 4.69) is 11.8 Å². The predicted molar refractivity (Wildman–Crippen MR) is 60.8 cm³/mol. The van der Waals surface area contributed by atoms with Gasteiger partial charge < -0.3 is 14.8 Å². The molecule has 4 heteroatoms. The van der Waals surface area contributed by atoms with Gasteiger partial charge in [-0.05, 0) is 18.6 Å². The zero-order chi connectivity index (χ0) is 11.1. The Morgan fingerprint density at radius 3 is 2.67 bits per heavy atom. The number of hydrogen-bond acceptors (Lipinski definition) is 4. The highest BCUT2D eigenvalue weighted by molar-refractivity contribution is 5.58. The standard InChI is InChI=1S/C11H18N2O2/c1-2-7-13(8-9-14)10-5-3-4-6-11(10)15-12/h3-6,14H,2,7-9,12H2,1H3. The minimum absolute atomic E-state index is 0.124. The van der Waals surface area contributed by atoms with Crippen molar-refractivity contribution in [2.24, 2.45) is 5.90 Å². The molecule has 4 nitrogen and oxygen atoms in total. The molecule has 1 rings (SSSR count). The van der Waals surface area contributed by atoms with Crippen LogP contribution < -0.4 is 15.6 Å². The van der Waals surface area contributed by atoms with Gasteiger partial charge in [-0.3, -0.25) is 0 Å². The summed E-state index contributed by atoms with van der Waals surface area (Å²) >= 11 is 0. The van der Waals surface area contributed by atoms with E-state index in [0.717, 1.165) is 18.7 Å². The zero-order valence-electron chi connectivity index (χ0n) is 9.02. The molecule has 0 spiro atoms. The second-order valence-corrected chi connectivity index (χ2v) is 3.30. The van der Waals surface area contributed by atoms with E-state index in [1.165, 1.54) is 0 Å². The van der Waals surface area contributed by atoms with Crippen LogP contribution in [0.1, 0.15) is 13.3 Å². The van der Waals surface area contributed by atoms with Crippen molar-refractivity contribution in [1.82, 2.24) is 0 Å². The van der Waals surface area contributed by atoms with Crippen molar-refractivity contribution in [2.75, 3.05) is 24.6 Å². The third-order valence-corrected chi connectivity index (χ3v) is 2.20. The maximum absolute atomic E-state index is 8.97. The number of aliphatic hydroxyl groups excluding tert-OH is 1. The van der Waals surface area contributed by atoms with Crippen LogP contribution in [0.4, 0.5) is 5.69 Å². The van der Waals surface area contributed by atoms with Gasteiger partial charge in [-0.2, -0.15) is 5.90 Å². The fraction of sp³-hybridized carbons (Fsp3) is 0.455. The van der Waals surface area contributed by atoms with Crippen LogP contribution in [-0.2, 0) is 0 Å². The van der Waals surface area contributed by atoms with Gasteiger partial charge in [-0.1, -0.05) is 19.1 Å². The molecule has 0 aliphatic carbocycles. The van der Waals surface area contributed by atoms with Gasteiger partial charge in [0.1, 0.15) is 0 Å². The lowest BCUT2D eigenvalue weighted by Gasteiger charge is -2.24. The number of nitrogens with zero attached hydrogens (tertiary/aromatic N) is 1. The van der Waals surface area contributed by atoms with Crippen molar-refractivity contribution < 1.29 is 9.94 Å². The summed E-state index contributed by atoms with van der Waals surface area (Å²) in [5, 5.41) is 8.97. The predicted octanol–water partition coefficient (Wildman–Crippen LogP) is 1.15. The normalized spacial score (nSPS) is 10.1. The van der Waals surface area contributed by atoms with E-state index in [1.807, 2.05) is 24.3 Å². The Balaban J connectivity index is 2.88. The van der Waals surface area contributed by atoms with Crippen LogP contribution in [0.5, 0.6) is 5.75 Å². The molecule has 0 bridgehead atoms. The van der Waals surface area contributed by atoms with Crippen LogP contribution >= 0.6 is 0 Å². The van der Waals surface area contributed by atoms with Gasteiger partial charge in [0, 0.05) is 13.1 Å². The van der Waals surface area contributed by atoms with Crippen LogP contribution in [0.25, 0.3) is 0 Å². The number of aliphatic hydroxyl groups is 1. The van der Waals surface area contributed by atoms with E-state index in [9.17, 15) is 0 Å². The monoisotopic (exact) mass is 210 g/mol. The van der Waals surface area contributed by atoms with Gasteiger partial charge in [0.25, 0.3) is 0 Å². The fourth-order valence-electron chi connectivity index (χ4n) is 1.56. The molecule has 0 saturated heterocycles. The quantitative estimate of drug-likeness (QED) is 0.691. The summed E-state index contributed by atoms with van der Waals surface area (Å²) in [6.45, 7) is 3.68. The van der Waals surface area contributed by atoms with Gasteiger partial charge in [0.2, 0.25) is 0 Å². The lowest BCUT2D eigenvalue weighted by Crippen LogP contribution is -2.28. The van der Waals surface area contributed by atoms with Crippen LogP contribution in [0.3, 0.4) is 0 Å². The molecule has 1 aromatic rings. The molecule has 0 unspecified atom stereocenters. The molecule has 0 radical (unpaired) electrons. The average molecular weight is 210 g/mol. The first-order valence-corrected chi connectivity index (χ1v) is 5.15. The summed E-state index contributed by atoms with van der Waals surface area (Å²) in [7, 11) is 0. The summed E-state index contributed by atoms with van der Waals surface area (Å²) in [5.74, 6) is 5.83. The molecule has 1 aromatic carbocycles. The SMILES string of the molecule is CCCN(CCO)c1ccccc1ON. The molecule has 3 N–H and O–H groups in total. The first-order chi connectivity index (χ1) is 7.33. The molecular weight excluding hydrogens is 192 g/mol. The van der Waals surface area contributed by atoms with Crippen LogP contribution in [-0.4, -0.2) is 24.8 Å². The minimum atomic E-state index is 0.124. The highest BCUT2D eigenvalue weighted by Gasteiger charge is 2.09. The molecule has 0 aliphatic rings. The lowest BCUT2D eigenvalue weighted by atomic mass is 10.2. The Labute approximate surface area is 90.2 Å². The molecule has 0 amide bonds. The van der Waals surface area contributed by atoms with Gasteiger partial charge in [-0.15, -0.1) is 0 Å². The number of para-hydroxylation sites is 2. The molecular formula is C11H18N2O2. The molecule has 0 aromatic heterocycles. The molecule has 0 atom stereocenters. The topological polar surface area (TPSA) is 58.7 Å². The Bertz CT molecular complexity index is 286. The number of hydrogen-bond donors (Lipinski definition) is 2. The number of rotatable bonds is 6. The largest absolute Gasteiger partial charge is 0.409 e. The summed E-state index contributed by atoms with van der Waals surface area (Å²) < 4.78 is 0. The van der Waals surface area contributed by atoms with Crippen molar-refractivity contribution in [3.63, 3.8) is 0 Å². The number of nitrogens with two attached hydrogens (primary N) is 1. The summed E-state index contributed by atoms with van der Waals surface area (Å²) in [4.78, 5) is 6.85. The van der Waals surface area contributed by atoms with E-state index in [1.54, 1.807) is 0 Å². The number of benzene rings is 1. The summed E-state index contributed by atoms with van der Waals surface area (Å²) in [6.07, 6.45) is 1.01. The second-order valence-electron chi connectivity index (χ2n) is 3.30. The smallest absolute Gasteiger partial charge is 0.170 e. The van der Waals surface area contributed by atoms with E-state index >= 15 is 0 Å². The maximum Gasteiger partial charge on any atom is 0.170 e. The third-order valence-electron chi connectivity index (χ3n) is 2.20. The molecule has 0 fully saturated rings. The molecule has 15 heavy (non-hydrogen) atoms. The number of anilines is 1. The first kappa shape index (κ1) is 11.8. The van der Waals surface area contributed by atoms with Crippen LogP contribution in [0, 0.1) is 0 Å². The minimum Gasteiger partial charge on any atom is -0.409 e. The maximum atomic E-state index is 8.97. The van der Waals surface area contributed by atoms with Crippen molar-refractivity contribution >= 4 is 5.69 Å². The molecule has 84 valence electrons. The average Bonchev–Trinajstić information content (AvgIpc) is 2.29. The summed E-state index contributed by atoms with van der Waals surface area (Å²) in [6, 6.07) is 7.55. The van der Waals surface area contributed by atoms with Crippen molar-refractivity contribution in [3.8, 4) is 5.75 Å². The van der Waals surface area contributed by atoms with Crippen LogP contribution in [0.2, 0.25) is 0 Å². The van der Waals surface area contributed by atoms with Crippen LogP contribution in [0.15, 0.2) is 24.3 Å². The fourth-order valence-corrected chi connectivity index (χ4v) is 1.56. The van der Waals surface area contributed by atoms with E-state index in [-0.39, 0.29) is 6.61 Å². The molecule has 0 saturated carbocycles. The Kier molecular flexibility index (Phi) is 4.93. The van der Waals surface area contributed by atoms with Gasteiger partial charge in [0.15, 0.2) is 5.75 Å². The van der Waals surface area contributed by atoms with Crippen molar-refractivity contribution in [2.45, 2.75) is 13.3 Å². The van der Waals surface area contributed by atoms with Crippen molar-refractivity contribution in [1.29, 1.82) is 0 Å². The van der Waals surface area contributed by atoms with E-state index in [4.69, 9.17) is 15.8 Å². The Hall–Kier alpha value is -1.26. The Morgan fingerprint density at radius 2 is 2.07 bits per heavy atom.